The fourth-order valence-electron chi connectivity index (χ4n) is 7.02. The quantitative estimate of drug-likeness (QED) is 0.167. The van der Waals surface area contributed by atoms with Crippen molar-refractivity contribution in [2.75, 3.05) is 23.8 Å². The van der Waals surface area contributed by atoms with E-state index in [0.29, 0.717) is 84.0 Å². The highest BCUT2D eigenvalue weighted by Crippen LogP contribution is 2.49. The number of ether oxygens (including phenoxy) is 2. The number of nitrogens with one attached hydrogen (secondary N) is 2. The Hall–Kier alpha value is -5.89. The van der Waals surface area contributed by atoms with E-state index in [1.54, 1.807) is 30.5 Å². The predicted octanol–water partition coefficient (Wildman–Crippen LogP) is 5.80. The molecule has 0 spiro atoms. The molecule has 5 heterocycles. The van der Waals surface area contributed by atoms with E-state index in [0.717, 1.165) is 42.5 Å². The molecule has 0 aromatic carbocycles. The Labute approximate surface area is 318 Å². The topological polar surface area (TPSA) is 193 Å². The monoisotopic (exact) mass is 736 g/mol. The molecule has 9 rings (SSSR count). The highest BCUT2D eigenvalue weighted by Gasteiger charge is 2.54. The predicted molar refractivity (Wildman–Crippen MR) is 198 cm³/mol. The van der Waals surface area contributed by atoms with Gasteiger partial charge in [0.1, 0.15) is 29.5 Å². The number of anilines is 2. The minimum Gasteiger partial charge on any atom is -0.345 e. The minimum absolute atomic E-state index is 0.106. The van der Waals surface area contributed by atoms with Gasteiger partial charge in [0.15, 0.2) is 6.29 Å². The van der Waals surface area contributed by atoms with Crippen molar-refractivity contribution in [2.45, 2.75) is 81.3 Å². The molecule has 1 aliphatic heterocycles. The average Bonchev–Trinajstić information content (AvgIpc) is 3.99. The number of aromatic nitrogens is 4. The lowest BCUT2D eigenvalue weighted by Crippen LogP contribution is -2.29. The minimum atomic E-state index is -0.689. The van der Waals surface area contributed by atoms with E-state index in [1.165, 1.54) is 31.9 Å². The maximum Gasteiger partial charge on any atom is 0.237 e. The van der Waals surface area contributed by atoms with Gasteiger partial charge in [-0.25, -0.2) is 15.0 Å². The number of hydrogen-bond acceptors (Lipinski definition) is 11. The van der Waals surface area contributed by atoms with E-state index in [9.17, 15) is 24.9 Å². The van der Waals surface area contributed by atoms with Crippen LogP contribution in [0.1, 0.15) is 107 Å². The summed E-state index contributed by atoms with van der Waals surface area (Å²) in [4.78, 5) is 54.4. The summed E-state index contributed by atoms with van der Waals surface area (Å²) in [5.41, 5.74) is 4.09. The molecule has 13 heteroatoms. The van der Waals surface area contributed by atoms with Crippen LogP contribution >= 0.6 is 0 Å². The van der Waals surface area contributed by atoms with Gasteiger partial charge in [0.25, 0.3) is 0 Å². The van der Waals surface area contributed by atoms with Crippen molar-refractivity contribution in [2.24, 2.45) is 11.8 Å². The third-order valence-corrected chi connectivity index (χ3v) is 11.0. The largest absolute Gasteiger partial charge is 0.345 e. The highest BCUT2D eigenvalue weighted by molar-refractivity contribution is 6.01. The van der Waals surface area contributed by atoms with Crippen molar-refractivity contribution in [3.05, 3.63) is 106 Å². The van der Waals surface area contributed by atoms with E-state index < -0.39 is 17.1 Å². The van der Waals surface area contributed by atoms with Crippen LogP contribution in [-0.2, 0) is 42.7 Å². The first-order chi connectivity index (χ1) is 26.8. The van der Waals surface area contributed by atoms with Gasteiger partial charge < -0.3 is 20.1 Å². The summed E-state index contributed by atoms with van der Waals surface area (Å²) < 4.78 is 11.1. The van der Waals surface area contributed by atoms with Crippen molar-refractivity contribution in [1.82, 2.24) is 19.9 Å². The van der Waals surface area contributed by atoms with Gasteiger partial charge in [-0.1, -0.05) is 12.1 Å². The van der Waals surface area contributed by atoms with Gasteiger partial charge in [-0.05, 0) is 124 Å². The van der Waals surface area contributed by atoms with Crippen molar-refractivity contribution >= 4 is 29.7 Å². The normalized spacial score (nSPS) is 18.8. The van der Waals surface area contributed by atoms with Crippen molar-refractivity contribution in [3.63, 3.8) is 0 Å². The Bertz CT molecular complexity index is 2220. The molecular formula is C42H40N8O5. The second-order valence-electron chi connectivity index (χ2n) is 15.1. The number of carbonyl (C=O) groups is 3. The summed E-state index contributed by atoms with van der Waals surface area (Å²) in [6, 6.07) is 18.8. The number of rotatable bonds is 12. The first-order valence-electron chi connectivity index (χ1n) is 18.9. The van der Waals surface area contributed by atoms with Crippen LogP contribution in [0.3, 0.4) is 0 Å². The van der Waals surface area contributed by atoms with Crippen LogP contribution < -0.4 is 10.6 Å². The zero-order chi connectivity index (χ0) is 38.0. The molecule has 1 saturated heterocycles. The Morgan fingerprint density at radius 2 is 1.24 bits per heavy atom. The third kappa shape index (κ3) is 8.00. The molecule has 2 amide bonds. The number of pyridine rings is 4. The summed E-state index contributed by atoms with van der Waals surface area (Å²) in [7, 11) is 0. The standard InChI is InChI=1S/C22H22N4O3.C20H18N4O2/c23-12-16-13-24-19(11-15(16)10-14-4-5-14)26-21(27)22(6-7-22)18-3-1-2-17(25-18)20-28-8-9-29-20;21-10-15-11-22-18(9-14(15)8-13-4-5-13)24-19(26)20(6-7-20)17-3-1-2-16(12-25)23-17/h1-3,11,13-14,20H,4-10H2,(H,24,26,27);1-3,9,11-13H,4-8H2,(H,22,24,26). The van der Waals surface area contributed by atoms with Crippen LogP contribution in [0.5, 0.6) is 0 Å². The average molecular weight is 737 g/mol. The van der Waals surface area contributed by atoms with Gasteiger partial charge in [0.2, 0.25) is 18.1 Å². The van der Waals surface area contributed by atoms with Crippen LogP contribution in [-0.4, -0.2) is 51.3 Å². The zero-order valence-electron chi connectivity index (χ0n) is 30.3. The second-order valence-corrected chi connectivity index (χ2v) is 15.1. The van der Waals surface area contributed by atoms with Gasteiger partial charge >= 0.3 is 0 Å². The van der Waals surface area contributed by atoms with Crippen LogP contribution in [0, 0.1) is 34.5 Å². The van der Waals surface area contributed by atoms with Crippen LogP contribution in [0.15, 0.2) is 60.9 Å². The number of amides is 2. The number of nitrogens with zero attached hydrogens (tertiary/aromatic N) is 6. The fourth-order valence-corrected chi connectivity index (χ4v) is 7.02. The summed E-state index contributed by atoms with van der Waals surface area (Å²) in [6.45, 7) is 1.10. The van der Waals surface area contributed by atoms with Crippen LogP contribution in [0.25, 0.3) is 0 Å². The summed E-state index contributed by atoms with van der Waals surface area (Å²) >= 11 is 0. The number of carbonyl (C=O) groups excluding carboxylic acids is 3. The Morgan fingerprint density at radius 3 is 1.69 bits per heavy atom. The SMILES string of the molecule is N#Cc1cnc(NC(=O)C2(c3cccc(C4OCCO4)n3)CC2)cc1CC1CC1.N#Cc1cnc(NC(=O)C2(c3cccc(C=O)n3)CC2)cc1CC1CC1. The first-order valence-corrected chi connectivity index (χ1v) is 18.9. The van der Waals surface area contributed by atoms with Gasteiger partial charge in [-0.2, -0.15) is 10.5 Å². The number of hydrogen-bond donors (Lipinski definition) is 2. The molecule has 2 N–H and O–H groups in total. The molecule has 0 atom stereocenters. The van der Waals surface area contributed by atoms with Gasteiger partial charge in [0.05, 0.1) is 52.3 Å². The fraction of sp³-hybridized carbons (Fsp3) is 0.405. The second kappa shape index (κ2) is 15.1. The van der Waals surface area contributed by atoms with Gasteiger partial charge in [-0.15, -0.1) is 0 Å². The molecule has 5 fully saturated rings. The molecule has 5 aliphatic rings. The lowest BCUT2D eigenvalue weighted by atomic mass is 10.00. The molecule has 278 valence electrons. The van der Waals surface area contributed by atoms with E-state index in [2.05, 4.69) is 42.7 Å². The lowest BCUT2D eigenvalue weighted by Gasteiger charge is -2.17. The van der Waals surface area contributed by atoms with Crippen molar-refractivity contribution < 1.29 is 23.9 Å². The third-order valence-electron chi connectivity index (χ3n) is 11.0. The molecular weight excluding hydrogens is 697 g/mol. The molecule has 4 saturated carbocycles. The van der Waals surface area contributed by atoms with E-state index in [-0.39, 0.29) is 11.8 Å². The molecule has 13 nitrogen and oxygen atoms in total. The number of nitriles is 2. The molecule has 55 heavy (non-hydrogen) atoms. The molecule has 0 radical (unpaired) electrons. The summed E-state index contributed by atoms with van der Waals surface area (Å²) in [6.07, 6.45) is 12.7. The van der Waals surface area contributed by atoms with Crippen molar-refractivity contribution in [3.8, 4) is 12.1 Å². The smallest absolute Gasteiger partial charge is 0.237 e. The van der Waals surface area contributed by atoms with Crippen LogP contribution in [0.4, 0.5) is 11.6 Å². The lowest BCUT2D eigenvalue weighted by molar-refractivity contribution is -0.119. The summed E-state index contributed by atoms with van der Waals surface area (Å²) in [5, 5.41) is 24.4. The molecule has 4 aromatic heterocycles. The molecule has 0 bridgehead atoms. The van der Waals surface area contributed by atoms with Gasteiger partial charge in [0, 0.05) is 12.4 Å². The van der Waals surface area contributed by atoms with Crippen LogP contribution in [0.2, 0.25) is 0 Å². The molecule has 0 unspecified atom stereocenters. The Kier molecular flexibility index (Phi) is 9.91. The van der Waals surface area contributed by atoms with Gasteiger partial charge in [-0.3, -0.25) is 19.4 Å². The van der Waals surface area contributed by atoms with E-state index in [4.69, 9.17) is 9.47 Å². The zero-order valence-corrected chi connectivity index (χ0v) is 30.3. The van der Waals surface area contributed by atoms with E-state index >= 15 is 0 Å². The highest BCUT2D eigenvalue weighted by atomic mass is 16.7. The van der Waals surface area contributed by atoms with Crippen molar-refractivity contribution in [1.29, 1.82) is 10.5 Å². The number of aldehydes is 1. The first kappa shape index (κ1) is 36.1. The molecule has 4 aliphatic carbocycles. The summed E-state index contributed by atoms with van der Waals surface area (Å²) in [5.74, 6) is 1.97. The molecule has 4 aromatic rings. The maximum absolute atomic E-state index is 13.1. The Morgan fingerprint density at radius 1 is 0.745 bits per heavy atom. The Balaban J connectivity index is 0.000000156. The van der Waals surface area contributed by atoms with E-state index in [1.807, 2.05) is 24.3 Å². The maximum atomic E-state index is 13.1.